The quantitative estimate of drug-likeness (QED) is 0.913. The molecule has 3 rings (SSSR count). The number of nitrogens with two attached hydrogens (primary N) is 1. The normalized spacial score (nSPS) is 18.2. The number of imidazole rings is 1. The Balaban J connectivity index is 1.94. The van der Waals surface area contributed by atoms with E-state index in [2.05, 4.69) is 34.7 Å². The largest absolute Gasteiger partial charge is 0.331 e. The summed E-state index contributed by atoms with van der Waals surface area (Å²) in [6, 6.07) is 6.71. The van der Waals surface area contributed by atoms with Crippen molar-refractivity contribution in [1.82, 2.24) is 9.55 Å². The van der Waals surface area contributed by atoms with Crippen LogP contribution in [0.1, 0.15) is 44.1 Å². The summed E-state index contributed by atoms with van der Waals surface area (Å²) in [5.41, 5.74) is 9.75. The van der Waals surface area contributed by atoms with Crippen molar-refractivity contribution in [3.05, 3.63) is 30.1 Å². The van der Waals surface area contributed by atoms with Crippen LogP contribution in [0.3, 0.4) is 0 Å². The molecule has 1 atom stereocenters. The lowest BCUT2D eigenvalue weighted by Gasteiger charge is -2.22. The highest BCUT2D eigenvalue weighted by atomic mass is 15.0. The molecule has 1 heterocycles. The maximum atomic E-state index is 6.03. The molecule has 0 spiro atoms. The summed E-state index contributed by atoms with van der Waals surface area (Å²) in [5.74, 6) is 1.29. The first kappa shape index (κ1) is 12.7. The van der Waals surface area contributed by atoms with Gasteiger partial charge in [0.2, 0.25) is 0 Å². The van der Waals surface area contributed by atoms with Crippen LogP contribution in [-0.4, -0.2) is 16.1 Å². The van der Waals surface area contributed by atoms with Crippen LogP contribution in [0.15, 0.2) is 24.5 Å². The maximum absolute atomic E-state index is 6.03. The number of hydrogen-bond donors (Lipinski definition) is 1. The van der Waals surface area contributed by atoms with Gasteiger partial charge in [0.1, 0.15) is 0 Å². The van der Waals surface area contributed by atoms with Gasteiger partial charge >= 0.3 is 0 Å². The Bertz CT molecular complexity index is 552. The molecule has 2 aromatic rings. The van der Waals surface area contributed by atoms with Gasteiger partial charge < -0.3 is 10.3 Å². The summed E-state index contributed by atoms with van der Waals surface area (Å²) in [6.45, 7) is 3.87. The number of fused-ring (bicyclic) bond motifs is 1. The SMILES string of the molecule is CCn1cnc2cc(C(CN)C3CCCC3)ccc21. The second-order valence-corrected chi connectivity index (χ2v) is 5.67. The van der Waals surface area contributed by atoms with Gasteiger partial charge in [-0.2, -0.15) is 0 Å². The second-order valence-electron chi connectivity index (χ2n) is 5.67. The zero-order chi connectivity index (χ0) is 13.2. The van der Waals surface area contributed by atoms with E-state index in [1.807, 2.05) is 6.33 Å². The zero-order valence-electron chi connectivity index (χ0n) is 11.7. The summed E-state index contributed by atoms with van der Waals surface area (Å²) >= 11 is 0. The number of nitrogens with zero attached hydrogens (tertiary/aromatic N) is 2. The minimum absolute atomic E-state index is 0.513. The van der Waals surface area contributed by atoms with Crippen LogP contribution in [0.2, 0.25) is 0 Å². The molecule has 1 aliphatic rings. The molecular formula is C16H23N3. The fourth-order valence-corrected chi connectivity index (χ4v) is 3.52. The molecule has 1 fully saturated rings. The van der Waals surface area contributed by atoms with Crippen LogP contribution >= 0.6 is 0 Å². The van der Waals surface area contributed by atoms with Gasteiger partial charge in [0, 0.05) is 6.54 Å². The van der Waals surface area contributed by atoms with Crippen LogP contribution in [0.4, 0.5) is 0 Å². The summed E-state index contributed by atoms with van der Waals surface area (Å²) in [7, 11) is 0. The Morgan fingerprint density at radius 2 is 2.16 bits per heavy atom. The molecule has 3 heteroatoms. The fraction of sp³-hybridized carbons (Fsp3) is 0.562. The van der Waals surface area contributed by atoms with Crippen LogP contribution in [0, 0.1) is 5.92 Å². The van der Waals surface area contributed by atoms with Crippen molar-refractivity contribution in [1.29, 1.82) is 0 Å². The van der Waals surface area contributed by atoms with Gasteiger partial charge in [0.05, 0.1) is 17.4 Å². The number of aryl methyl sites for hydroxylation is 1. The van der Waals surface area contributed by atoms with Gasteiger partial charge in [-0.1, -0.05) is 18.9 Å². The average Bonchev–Trinajstić information content (AvgIpc) is 3.08. The Hall–Kier alpha value is -1.35. The fourth-order valence-electron chi connectivity index (χ4n) is 3.52. The van der Waals surface area contributed by atoms with E-state index in [0.717, 1.165) is 24.5 Å². The monoisotopic (exact) mass is 257 g/mol. The van der Waals surface area contributed by atoms with E-state index in [0.29, 0.717) is 5.92 Å². The molecular weight excluding hydrogens is 234 g/mol. The number of hydrogen-bond acceptors (Lipinski definition) is 2. The Morgan fingerprint density at radius 3 is 2.84 bits per heavy atom. The Kier molecular flexibility index (Phi) is 3.56. The second kappa shape index (κ2) is 5.33. The van der Waals surface area contributed by atoms with Gasteiger partial charge in [0.25, 0.3) is 0 Å². The Labute approximate surface area is 114 Å². The van der Waals surface area contributed by atoms with E-state index < -0.39 is 0 Å². The summed E-state index contributed by atoms with van der Waals surface area (Å²) in [5, 5.41) is 0. The molecule has 1 aliphatic carbocycles. The third-order valence-corrected chi connectivity index (χ3v) is 4.64. The van der Waals surface area contributed by atoms with Gasteiger partial charge in [-0.05, 0) is 55.8 Å². The van der Waals surface area contributed by atoms with Crippen molar-refractivity contribution in [3.8, 4) is 0 Å². The van der Waals surface area contributed by atoms with E-state index in [9.17, 15) is 0 Å². The predicted octanol–water partition coefficient (Wildman–Crippen LogP) is 3.29. The molecule has 1 aromatic heterocycles. The molecule has 1 unspecified atom stereocenters. The Morgan fingerprint density at radius 1 is 1.37 bits per heavy atom. The molecule has 19 heavy (non-hydrogen) atoms. The molecule has 0 radical (unpaired) electrons. The van der Waals surface area contributed by atoms with Gasteiger partial charge in [-0.25, -0.2) is 4.98 Å². The van der Waals surface area contributed by atoms with E-state index in [1.54, 1.807) is 0 Å². The van der Waals surface area contributed by atoms with E-state index in [1.165, 1.54) is 36.8 Å². The van der Waals surface area contributed by atoms with Gasteiger partial charge in [0.15, 0.2) is 0 Å². The maximum Gasteiger partial charge on any atom is 0.0958 e. The smallest absolute Gasteiger partial charge is 0.0958 e. The van der Waals surface area contributed by atoms with Crippen LogP contribution in [0.25, 0.3) is 11.0 Å². The molecule has 0 amide bonds. The highest BCUT2D eigenvalue weighted by Crippen LogP contribution is 2.37. The lowest BCUT2D eigenvalue weighted by Crippen LogP contribution is -2.19. The van der Waals surface area contributed by atoms with Crippen LogP contribution < -0.4 is 5.73 Å². The average molecular weight is 257 g/mol. The van der Waals surface area contributed by atoms with Crippen molar-refractivity contribution in [3.63, 3.8) is 0 Å². The minimum Gasteiger partial charge on any atom is -0.331 e. The minimum atomic E-state index is 0.513. The van der Waals surface area contributed by atoms with Crippen molar-refractivity contribution in [2.45, 2.75) is 45.1 Å². The molecule has 3 nitrogen and oxygen atoms in total. The van der Waals surface area contributed by atoms with Crippen molar-refractivity contribution < 1.29 is 0 Å². The standard InChI is InChI=1S/C16H23N3/c1-2-19-11-18-15-9-13(7-8-16(15)19)14(10-17)12-5-3-4-6-12/h7-9,11-12,14H,2-6,10,17H2,1H3. The summed E-state index contributed by atoms with van der Waals surface area (Å²) in [6.07, 6.45) is 7.34. The predicted molar refractivity (Wildman–Crippen MR) is 79.2 cm³/mol. The molecule has 102 valence electrons. The molecule has 2 N–H and O–H groups in total. The zero-order valence-corrected chi connectivity index (χ0v) is 11.7. The lowest BCUT2D eigenvalue weighted by atomic mass is 9.85. The van der Waals surface area contributed by atoms with Crippen molar-refractivity contribution in [2.75, 3.05) is 6.54 Å². The van der Waals surface area contributed by atoms with Gasteiger partial charge in [-0.3, -0.25) is 0 Å². The third-order valence-electron chi connectivity index (χ3n) is 4.64. The number of benzene rings is 1. The summed E-state index contributed by atoms with van der Waals surface area (Å²) < 4.78 is 2.19. The first-order valence-electron chi connectivity index (χ1n) is 7.48. The molecule has 1 aromatic carbocycles. The number of rotatable bonds is 4. The highest BCUT2D eigenvalue weighted by molar-refractivity contribution is 5.76. The van der Waals surface area contributed by atoms with Crippen molar-refractivity contribution in [2.24, 2.45) is 11.7 Å². The van der Waals surface area contributed by atoms with Gasteiger partial charge in [-0.15, -0.1) is 0 Å². The third kappa shape index (κ3) is 2.27. The molecule has 0 bridgehead atoms. The van der Waals surface area contributed by atoms with E-state index in [4.69, 9.17) is 5.73 Å². The van der Waals surface area contributed by atoms with Crippen LogP contribution in [-0.2, 0) is 6.54 Å². The molecule has 0 aliphatic heterocycles. The van der Waals surface area contributed by atoms with Crippen LogP contribution in [0.5, 0.6) is 0 Å². The van der Waals surface area contributed by atoms with Crippen molar-refractivity contribution >= 4 is 11.0 Å². The molecule has 0 saturated heterocycles. The summed E-state index contributed by atoms with van der Waals surface area (Å²) in [4.78, 5) is 4.52. The topological polar surface area (TPSA) is 43.8 Å². The lowest BCUT2D eigenvalue weighted by molar-refractivity contribution is 0.440. The first-order valence-corrected chi connectivity index (χ1v) is 7.48. The highest BCUT2D eigenvalue weighted by Gasteiger charge is 2.25. The van der Waals surface area contributed by atoms with E-state index in [-0.39, 0.29) is 0 Å². The van der Waals surface area contributed by atoms with E-state index >= 15 is 0 Å². The molecule has 1 saturated carbocycles. The first-order chi connectivity index (χ1) is 9.33. The number of aromatic nitrogens is 2.